The minimum Gasteiger partial charge on any atom is -0.326 e. The first-order valence-electron chi connectivity index (χ1n) is 8.00. The third-order valence-electron chi connectivity index (χ3n) is 4.36. The molecule has 2 atom stereocenters. The van der Waals surface area contributed by atoms with Gasteiger partial charge in [-0.2, -0.15) is 0 Å². The first kappa shape index (κ1) is 14.5. The van der Waals surface area contributed by atoms with E-state index in [9.17, 15) is 0 Å². The Kier molecular flexibility index (Phi) is 4.22. The van der Waals surface area contributed by atoms with Gasteiger partial charge in [-0.25, -0.2) is 0 Å². The van der Waals surface area contributed by atoms with E-state index in [4.69, 9.17) is 5.73 Å². The molecule has 112 valence electrons. The molecule has 0 bridgehead atoms. The molecule has 0 amide bonds. The fourth-order valence-corrected chi connectivity index (χ4v) is 3.57. The van der Waals surface area contributed by atoms with Gasteiger partial charge in [0, 0.05) is 24.2 Å². The Bertz CT molecular complexity index is 603. The number of aromatic nitrogens is 1. The molecule has 1 aromatic heterocycles. The quantitative estimate of drug-likeness (QED) is 0.939. The number of para-hydroxylation sites is 1. The van der Waals surface area contributed by atoms with Crippen LogP contribution in [0.3, 0.4) is 0 Å². The molecule has 3 heteroatoms. The van der Waals surface area contributed by atoms with E-state index in [2.05, 4.69) is 48.0 Å². The fraction of sp³-hybridized carbons (Fsp3) is 0.500. The van der Waals surface area contributed by atoms with Crippen molar-refractivity contribution in [3.05, 3.63) is 42.1 Å². The number of hydrogen-bond acceptors (Lipinski definition) is 3. The van der Waals surface area contributed by atoms with Gasteiger partial charge in [0.2, 0.25) is 0 Å². The van der Waals surface area contributed by atoms with Crippen LogP contribution in [0.4, 0.5) is 0 Å². The van der Waals surface area contributed by atoms with E-state index in [0.717, 1.165) is 25.0 Å². The predicted octanol–water partition coefficient (Wildman–Crippen LogP) is 3.36. The molecular formula is C18H25N3. The smallest absolute Gasteiger partial charge is 0.0750 e. The summed E-state index contributed by atoms with van der Waals surface area (Å²) < 4.78 is 0. The second-order valence-electron chi connectivity index (χ2n) is 6.56. The van der Waals surface area contributed by atoms with Crippen LogP contribution in [0.2, 0.25) is 0 Å². The highest BCUT2D eigenvalue weighted by molar-refractivity contribution is 5.82. The van der Waals surface area contributed by atoms with Gasteiger partial charge in [0.15, 0.2) is 0 Å². The molecule has 2 unspecified atom stereocenters. The molecule has 21 heavy (non-hydrogen) atoms. The Morgan fingerprint density at radius 2 is 2.10 bits per heavy atom. The third-order valence-corrected chi connectivity index (χ3v) is 4.36. The Labute approximate surface area is 127 Å². The second kappa shape index (κ2) is 6.12. The highest BCUT2D eigenvalue weighted by Gasteiger charge is 2.31. The van der Waals surface area contributed by atoms with Crippen molar-refractivity contribution < 1.29 is 0 Å². The highest BCUT2D eigenvalue weighted by Crippen LogP contribution is 2.34. The van der Waals surface area contributed by atoms with Gasteiger partial charge in [-0.3, -0.25) is 9.88 Å². The Hall–Kier alpha value is -1.45. The molecular weight excluding hydrogens is 258 g/mol. The van der Waals surface area contributed by atoms with Gasteiger partial charge in [-0.1, -0.05) is 38.1 Å². The van der Waals surface area contributed by atoms with Crippen LogP contribution in [0, 0.1) is 5.92 Å². The van der Waals surface area contributed by atoms with E-state index in [1.807, 2.05) is 12.3 Å². The standard InChI is InChI=1S/C18H25N3/c1-13(2)12-21-11-5-9-16(19)18(21)15-8-3-6-14-7-4-10-20-17(14)15/h3-4,6-8,10,13,16,18H,5,9,11-12,19H2,1-2H3. The van der Waals surface area contributed by atoms with Gasteiger partial charge in [-0.05, 0) is 36.9 Å². The number of nitrogens with zero attached hydrogens (tertiary/aromatic N) is 2. The van der Waals surface area contributed by atoms with E-state index < -0.39 is 0 Å². The first-order chi connectivity index (χ1) is 10.2. The van der Waals surface area contributed by atoms with E-state index in [0.29, 0.717) is 12.0 Å². The van der Waals surface area contributed by atoms with Crippen LogP contribution in [0.1, 0.15) is 38.3 Å². The largest absolute Gasteiger partial charge is 0.326 e. The van der Waals surface area contributed by atoms with Crippen molar-refractivity contribution in [3.63, 3.8) is 0 Å². The number of pyridine rings is 1. The topological polar surface area (TPSA) is 42.1 Å². The molecule has 1 aliphatic rings. The number of likely N-dealkylation sites (tertiary alicyclic amines) is 1. The lowest BCUT2D eigenvalue weighted by molar-refractivity contribution is 0.115. The lowest BCUT2D eigenvalue weighted by Gasteiger charge is -2.41. The maximum absolute atomic E-state index is 6.50. The molecule has 3 rings (SSSR count). The van der Waals surface area contributed by atoms with Crippen molar-refractivity contribution in [3.8, 4) is 0 Å². The summed E-state index contributed by atoms with van der Waals surface area (Å²) in [6.07, 6.45) is 4.18. The zero-order chi connectivity index (χ0) is 14.8. The molecule has 0 radical (unpaired) electrons. The SMILES string of the molecule is CC(C)CN1CCCC(N)C1c1cccc2cccnc12. The van der Waals surface area contributed by atoms with Crippen LogP contribution in [0.25, 0.3) is 10.9 Å². The summed E-state index contributed by atoms with van der Waals surface area (Å²) in [6, 6.07) is 11.1. The maximum Gasteiger partial charge on any atom is 0.0750 e. The number of fused-ring (bicyclic) bond motifs is 1. The van der Waals surface area contributed by atoms with E-state index >= 15 is 0 Å². The monoisotopic (exact) mass is 283 g/mol. The molecule has 0 saturated carbocycles. The zero-order valence-corrected chi connectivity index (χ0v) is 13.0. The zero-order valence-electron chi connectivity index (χ0n) is 13.0. The van der Waals surface area contributed by atoms with Crippen LogP contribution in [0.5, 0.6) is 0 Å². The summed E-state index contributed by atoms with van der Waals surface area (Å²) in [6.45, 7) is 6.79. The summed E-state index contributed by atoms with van der Waals surface area (Å²) in [4.78, 5) is 7.18. The summed E-state index contributed by atoms with van der Waals surface area (Å²) in [7, 11) is 0. The number of nitrogens with two attached hydrogens (primary N) is 1. The van der Waals surface area contributed by atoms with Crippen molar-refractivity contribution in [1.82, 2.24) is 9.88 Å². The van der Waals surface area contributed by atoms with Crippen molar-refractivity contribution in [2.24, 2.45) is 11.7 Å². The number of benzene rings is 1. The second-order valence-corrected chi connectivity index (χ2v) is 6.56. The van der Waals surface area contributed by atoms with Gasteiger partial charge in [0.25, 0.3) is 0 Å². The number of rotatable bonds is 3. The predicted molar refractivity (Wildman–Crippen MR) is 88.1 cm³/mol. The maximum atomic E-state index is 6.50. The van der Waals surface area contributed by atoms with Gasteiger partial charge >= 0.3 is 0 Å². The molecule has 1 saturated heterocycles. The van der Waals surface area contributed by atoms with Crippen LogP contribution >= 0.6 is 0 Å². The van der Waals surface area contributed by atoms with Gasteiger partial charge in [-0.15, -0.1) is 0 Å². The summed E-state index contributed by atoms with van der Waals surface area (Å²) in [5.41, 5.74) is 8.90. The molecule has 2 N–H and O–H groups in total. The van der Waals surface area contributed by atoms with E-state index in [-0.39, 0.29) is 6.04 Å². The Balaban J connectivity index is 2.04. The van der Waals surface area contributed by atoms with Crippen molar-refractivity contribution in [2.75, 3.05) is 13.1 Å². The molecule has 1 fully saturated rings. The highest BCUT2D eigenvalue weighted by atomic mass is 15.2. The summed E-state index contributed by atoms with van der Waals surface area (Å²) in [5.74, 6) is 0.653. The normalized spacial score (nSPS) is 23.8. The molecule has 1 aromatic carbocycles. The van der Waals surface area contributed by atoms with Crippen LogP contribution in [-0.4, -0.2) is 29.0 Å². The average Bonchev–Trinajstić information content (AvgIpc) is 2.47. The molecule has 0 aliphatic carbocycles. The minimum absolute atomic E-state index is 0.199. The number of piperidine rings is 1. The average molecular weight is 283 g/mol. The molecule has 2 aromatic rings. The number of hydrogen-bond donors (Lipinski definition) is 1. The minimum atomic E-state index is 0.199. The van der Waals surface area contributed by atoms with E-state index in [1.165, 1.54) is 17.4 Å². The first-order valence-corrected chi connectivity index (χ1v) is 8.00. The Morgan fingerprint density at radius 1 is 1.29 bits per heavy atom. The molecule has 2 heterocycles. The van der Waals surface area contributed by atoms with Crippen molar-refractivity contribution in [2.45, 2.75) is 38.8 Å². The van der Waals surface area contributed by atoms with Crippen molar-refractivity contribution >= 4 is 10.9 Å². The summed E-state index contributed by atoms with van der Waals surface area (Å²) >= 11 is 0. The molecule has 1 aliphatic heterocycles. The molecule has 3 nitrogen and oxygen atoms in total. The fourth-order valence-electron chi connectivity index (χ4n) is 3.57. The summed E-state index contributed by atoms with van der Waals surface area (Å²) in [5, 5.41) is 1.21. The van der Waals surface area contributed by atoms with E-state index in [1.54, 1.807) is 0 Å². The van der Waals surface area contributed by atoms with Gasteiger partial charge in [0.05, 0.1) is 11.6 Å². The van der Waals surface area contributed by atoms with Crippen LogP contribution in [0.15, 0.2) is 36.5 Å². The van der Waals surface area contributed by atoms with Gasteiger partial charge in [0.1, 0.15) is 0 Å². The van der Waals surface area contributed by atoms with Gasteiger partial charge < -0.3 is 5.73 Å². The Morgan fingerprint density at radius 3 is 2.90 bits per heavy atom. The lowest BCUT2D eigenvalue weighted by Crippen LogP contribution is -2.47. The van der Waals surface area contributed by atoms with Crippen LogP contribution in [-0.2, 0) is 0 Å². The molecule has 0 spiro atoms. The third kappa shape index (κ3) is 2.94. The lowest BCUT2D eigenvalue weighted by atomic mass is 9.89. The van der Waals surface area contributed by atoms with Crippen LogP contribution < -0.4 is 5.73 Å². The van der Waals surface area contributed by atoms with Crippen molar-refractivity contribution in [1.29, 1.82) is 0 Å².